The van der Waals surface area contributed by atoms with Crippen molar-refractivity contribution in [2.75, 3.05) is 20.2 Å². The Morgan fingerprint density at radius 3 is 2.61 bits per heavy atom. The number of hydrogen-bond acceptors (Lipinski definition) is 5. The van der Waals surface area contributed by atoms with Crippen molar-refractivity contribution in [1.82, 2.24) is 20.5 Å². The molecule has 1 aromatic heterocycles. The van der Waals surface area contributed by atoms with Crippen LogP contribution in [0.3, 0.4) is 0 Å². The third kappa shape index (κ3) is 6.79. The van der Waals surface area contributed by atoms with Crippen molar-refractivity contribution >= 4 is 11.8 Å². The van der Waals surface area contributed by atoms with Crippen molar-refractivity contribution < 1.29 is 14.3 Å². The Balaban J connectivity index is 1.40. The van der Waals surface area contributed by atoms with Gasteiger partial charge in [0.05, 0.1) is 6.61 Å². The number of hydrogen-bond donors (Lipinski definition) is 2. The van der Waals surface area contributed by atoms with Crippen LogP contribution in [0.4, 0.5) is 0 Å². The van der Waals surface area contributed by atoms with Crippen molar-refractivity contribution in [3.05, 3.63) is 59.9 Å². The number of nitrogens with one attached hydrogen (secondary N) is 2. The molecular weight excluding hydrogens is 392 g/mol. The van der Waals surface area contributed by atoms with E-state index in [0.717, 1.165) is 30.6 Å². The van der Waals surface area contributed by atoms with Crippen LogP contribution in [-0.2, 0) is 11.3 Å². The summed E-state index contributed by atoms with van der Waals surface area (Å²) < 4.78 is 5.56. The number of carbonyl (C=O) groups excluding carboxylic acids is 2. The molecular formula is C24H32N4O3. The summed E-state index contributed by atoms with van der Waals surface area (Å²) in [4.78, 5) is 31.1. The summed E-state index contributed by atoms with van der Waals surface area (Å²) in [7, 11) is 2.03. The SMILES string of the molecule is CCCOc1ccc(C(=O)NC[C@@H]2CC[C@H](CC(=O)NCc3cccnc3)N2C)cc1. The molecule has 2 N–H and O–H groups in total. The topological polar surface area (TPSA) is 83.6 Å². The second kappa shape index (κ2) is 11.5. The lowest BCUT2D eigenvalue weighted by atomic mass is 10.1. The lowest BCUT2D eigenvalue weighted by molar-refractivity contribution is -0.122. The zero-order valence-corrected chi connectivity index (χ0v) is 18.3. The van der Waals surface area contributed by atoms with Crippen LogP contribution in [-0.4, -0.2) is 54.0 Å². The van der Waals surface area contributed by atoms with Crippen molar-refractivity contribution in [2.45, 2.75) is 51.2 Å². The summed E-state index contributed by atoms with van der Waals surface area (Å²) in [5.41, 5.74) is 1.61. The van der Waals surface area contributed by atoms with Crippen molar-refractivity contribution in [2.24, 2.45) is 0 Å². The molecule has 0 bridgehead atoms. The second-order valence-electron chi connectivity index (χ2n) is 7.98. The fourth-order valence-electron chi connectivity index (χ4n) is 3.81. The van der Waals surface area contributed by atoms with Crippen molar-refractivity contribution in [3.8, 4) is 5.75 Å². The highest BCUT2D eigenvalue weighted by Gasteiger charge is 2.31. The minimum atomic E-state index is -0.0897. The third-order valence-corrected chi connectivity index (χ3v) is 5.71. The summed E-state index contributed by atoms with van der Waals surface area (Å²) >= 11 is 0. The number of amides is 2. The van der Waals surface area contributed by atoms with Crippen LogP contribution in [0.25, 0.3) is 0 Å². The molecule has 0 saturated carbocycles. The standard InChI is InChI=1S/C24H32N4O3/c1-3-13-31-22-10-6-19(7-11-22)24(30)27-17-21-9-8-20(28(21)2)14-23(29)26-16-18-5-4-12-25-15-18/h4-7,10-12,15,20-21H,3,8-9,13-14,16-17H2,1-2H3,(H,26,29)(H,27,30)/t20-,21+/m1/s1. The molecule has 3 rings (SSSR count). The Morgan fingerprint density at radius 1 is 1.13 bits per heavy atom. The van der Waals surface area contributed by atoms with Gasteiger partial charge in [0.25, 0.3) is 5.91 Å². The molecule has 1 aliphatic heterocycles. The van der Waals surface area contributed by atoms with Crippen LogP contribution in [0.2, 0.25) is 0 Å². The Hall–Kier alpha value is -2.93. The molecule has 2 aromatic rings. The van der Waals surface area contributed by atoms with Gasteiger partial charge in [-0.2, -0.15) is 0 Å². The maximum atomic E-state index is 12.5. The van der Waals surface area contributed by atoms with Crippen LogP contribution >= 0.6 is 0 Å². The number of carbonyl (C=O) groups is 2. The average molecular weight is 425 g/mol. The van der Waals surface area contributed by atoms with Crippen LogP contribution in [0.5, 0.6) is 5.75 Å². The molecule has 7 heteroatoms. The maximum absolute atomic E-state index is 12.5. The van der Waals surface area contributed by atoms with Gasteiger partial charge in [-0.05, 0) is 62.2 Å². The van der Waals surface area contributed by atoms with E-state index in [1.807, 2.05) is 31.3 Å². The number of benzene rings is 1. The molecule has 2 amide bonds. The van der Waals surface area contributed by atoms with E-state index in [1.54, 1.807) is 24.5 Å². The molecule has 0 radical (unpaired) electrons. The first kappa shape index (κ1) is 22.7. The maximum Gasteiger partial charge on any atom is 0.251 e. The molecule has 1 aromatic carbocycles. The monoisotopic (exact) mass is 424 g/mol. The largest absolute Gasteiger partial charge is 0.494 e. The van der Waals surface area contributed by atoms with E-state index < -0.39 is 0 Å². The summed E-state index contributed by atoms with van der Waals surface area (Å²) in [6.07, 6.45) is 6.79. The smallest absolute Gasteiger partial charge is 0.251 e. The number of likely N-dealkylation sites (N-methyl/N-ethyl adjacent to an activating group) is 1. The first-order chi connectivity index (χ1) is 15.1. The minimum absolute atomic E-state index is 0.0378. The summed E-state index contributed by atoms with van der Waals surface area (Å²) in [6.45, 7) is 3.78. The molecule has 7 nitrogen and oxygen atoms in total. The Kier molecular flexibility index (Phi) is 8.41. The highest BCUT2D eigenvalue weighted by molar-refractivity contribution is 5.94. The first-order valence-corrected chi connectivity index (χ1v) is 11.0. The van der Waals surface area contributed by atoms with Gasteiger partial charge < -0.3 is 15.4 Å². The Morgan fingerprint density at radius 2 is 1.90 bits per heavy atom. The summed E-state index contributed by atoms with van der Waals surface area (Å²) in [5, 5.41) is 5.99. The molecule has 166 valence electrons. The van der Waals surface area contributed by atoms with E-state index in [-0.39, 0.29) is 23.9 Å². The first-order valence-electron chi connectivity index (χ1n) is 11.0. The van der Waals surface area contributed by atoms with Gasteiger partial charge >= 0.3 is 0 Å². The van der Waals surface area contributed by atoms with E-state index in [0.29, 0.717) is 31.7 Å². The summed E-state index contributed by atoms with van der Waals surface area (Å²) in [6, 6.07) is 11.4. The van der Waals surface area contributed by atoms with Gasteiger partial charge in [0.1, 0.15) is 5.75 Å². The van der Waals surface area contributed by atoms with Crippen LogP contribution in [0.1, 0.15) is 48.5 Å². The zero-order valence-electron chi connectivity index (χ0n) is 18.3. The number of ether oxygens (including phenoxy) is 1. The highest BCUT2D eigenvalue weighted by Crippen LogP contribution is 2.24. The van der Waals surface area contributed by atoms with E-state index in [2.05, 4.69) is 27.4 Å². The average Bonchev–Trinajstić information content (AvgIpc) is 3.14. The lowest BCUT2D eigenvalue weighted by Gasteiger charge is -2.25. The van der Waals surface area contributed by atoms with E-state index in [1.165, 1.54) is 0 Å². The minimum Gasteiger partial charge on any atom is -0.494 e. The molecule has 0 unspecified atom stereocenters. The van der Waals surface area contributed by atoms with Crippen molar-refractivity contribution in [1.29, 1.82) is 0 Å². The Bertz CT molecular complexity index is 842. The van der Waals surface area contributed by atoms with Gasteiger partial charge in [-0.3, -0.25) is 19.5 Å². The van der Waals surface area contributed by atoms with E-state index in [9.17, 15) is 9.59 Å². The van der Waals surface area contributed by atoms with Gasteiger partial charge in [-0.25, -0.2) is 0 Å². The number of pyridine rings is 1. The fourth-order valence-corrected chi connectivity index (χ4v) is 3.81. The zero-order chi connectivity index (χ0) is 22.1. The van der Waals surface area contributed by atoms with Crippen LogP contribution in [0.15, 0.2) is 48.8 Å². The van der Waals surface area contributed by atoms with E-state index in [4.69, 9.17) is 4.74 Å². The van der Waals surface area contributed by atoms with Gasteiger partial charge in [0.2, 0.25) is 5.91 Å². The fraction of sp³-hybridized carbons (Fsp3) is 0.458. The quantitative estimate of drug-likeness (QED) is 0.613. The molecule has 1 aliphatic rings. The summed E-state index contributed by atoms with van der Waals surface area (Å²) in [5.74, 6) is 0.724. The van der Waals surface area contributed by atoms with Gasteiger partial charge in [0.15, 0.2) is 0 Å². The molecule has 2 heterocycles. The number of aromatic nitrogens is 1. The number of rotatable bonds is 10. The van der Waals surface area contributed by atoms with Gasteiger partial charge in [0, 0.05) is 49.6 Å². The van der Waals surface area contributed by atoms with Gasteiger partial charge in [-0.15, -0.1) is 0 Å². The Labute approximate surface area is 184 Å². The normalized spacial score (nSPS) is 18.5. The molecule has 0 spiro atoms. The predicted molar refractivity (Wildman–Crippen MR) is 120 cm³/mol. The number of likely N-dealkylation sites (tertiary alicyclic amines) is 1. The number of nitrogens with zero attached hydrogens (tertiary/aromatic N) is 2. The lowest BCUT2D eigenvalue weighted by Crippen LogP contribution is -2.42. The molecule has 1 fully saturated rings. The van der Waals surface area contributed by atoms with Crippen LogP contribution in [0, 0.1) is 0 Å². The molecule has 2 atom stereocenters. The van der Waals surface area contributed by atoms with Gasteiger partial charge in [-0.1, -0.05) is 13.0 Å². The molecule has 1 saturated heterocycles. The highest BCUT2D eigenvalue weighted by atomic mass is 16.5. The molecule has 0 aliphatic carbocycles. The van der Waals surface area contributed by atoms with Crippen molar-refractivity contribution in [3.63, 3.8) is 0 Å². The molecule has 31 heavy (non-hydrogen) atoms. The predicted octanol–water partition coefficient (Wildman–Crippen LogP) is 2.77. The van der Waals surface area contributed by atoms with Crippen LogP contribution < -0.4 is 15.4 Å². The second-order valence-corrected chi connectivity index (χ2v) is 7.98. The van der Waals surface area contributed by atoms with E-state index >= 15 is 0 Å². The third-order valence-electron chi connectivity index (χ3n) is 5.71.